The van der Waals surface area contributed by atoms with E-state index >= 15 is 0 Å². The molecule has 2 amide bonds. The molecule has 190 valence electrons. The molecule has 0 atom stereocenters. The fraction of sp³-hybridized carbons (Fsp3) is 0.143. The number of amides is 2. The summed E-state index contributed by atoms with van der Waals surface area (Å²) in [7, 11) is 1.49. The van der Waals surface area contributed by atoms with Crippen molar-refractivity contribution in [2.75, 3.05) is 24.4 Å². The third-order valence-corrected chi connectivity index (χ3v) is 6.00. The van der Waals surface area contributed by atoms with Gasteiger partial charge in [0.05, 0.1) is 19.4 Å². The highest BCUT2D eigenvalue weighted by atomic mass is 35.5. The first-order valence-corrected chi connectivity index (χ1v) is 11.9. The van der Waals surface area contributed by atoms with Crippen LogP contribution in [-0.2, 0) is 4.74 Å². The van der Waals surface area contributed by atoms with E-state index in [4.69, 9.17) is 21.1 Å². The van der Waals surface area contributed by atoms with Crippen LogP contribution in [0.5, 0.6) is 11.5 Å². The van der Waals surface area contributed by atoms with Crippen molar-refractivity contribution in [3.8, 4) is 28.3 Å². The Morgan fingerprint density at radius 1 is 0.973 bits per heavy atom. The van der Waals surface area contributed by atoms with Crippen LogP contribution >= 0.6 is 11.6 Å². The fourth-order valence-electron chi connectivity index (χ4n) is 3.93. The van der Waals surface area contributed by atoms with E-state index in [9.17, 15) is 14.7 Å². The highest BCUT2D eigenvalue weighted by molar-refractivity contribution is 6.31. The minimum atomic E-state index is -0.643. The number of rotatable bonds is 7. The van der Waals surface area contributed by atoms with Crippen molar-refractivity contribution in [3.05, 3.63) is 89.2 Å². The van der Waals surface area contributed by atoms with Gasteiger partial charge in [0.2, 0.25) is 0 Å². The van der Waals surface area contributed by atoms with Crippen molar-refractivity contribution >= 4 is 35.0 Å². The number of para-hydroxylation sites is 2. The van der Waals surface area contributed by atoms with Crippen LogP contribution in [-0.4, -0.2) is 35.4 Å². The molecule has 9 heteroatoms. The number of phenols is 1. The van der Waals surface area contributed by atoms with E-state index in [1.165, 1.54) is 17.7 Å². The molecule has 0 saturated heterocycles. The highest BCUT2D eigenvalue weighted by Crippen LogP contribution is 2.37. The van der Waals surface area contributed by atoms with Crippen LogP contribution in [0, 0.1) is 6.92 Å². The molecule has 0 aliphatic carbocycles. The maximum absolute atomic E-state index is 13.0. The summed E-state index contributed by atoms with van der Waals surface area (Å²) < 4.78 is 12.0. The lowest BCUT2D eigenvalue weighted by Gasteiger charge is -2.14. The summed E-state index contributed by atoms with van der Waals surface area (Å²) in [4.78, 5) is 25.7. The molecule has 0 aliphatic heterocycles. The number of nitrogens with zero attached hydrogens (tertiary/aromatic N) is 1. The number of ether oxygens (including phenoxy) is 2. The van der Waals surface area contributed by atoms with Gasteiger partial charge in [-0.15, -0.1) is 0 Å². The van der Waals surface area contributed by atoms with Gasteiger partial charge in [0.25, 0.3) is 0 Å². The van der Waals surface area contributed by atoms with Gasteiger partial charge in [-0.1, -0.05) is 54.1 Å². The van der Waals surface area contributed by atoms with Gasteiger partial charge in [0.1, 0.15) is 5.15 Å². The molecule has 4 aromatic rings. The molecule has 0 saturated carbocycles. The van der Waals surface area contributed by atoms with E-state index < -0.39 is 12.0 Å². The van der Waals surface area contributed by atoms with Crippen molar-refractivity contribution in [1.82, 2.24) is 4.57 Å². The lowest BCUT2D eigenvalue weighted by Crippen LogP contribution is -2.22. The minimum absolute atomic E-state index is 0.0233. The van der Waals surface area contributed by atoms with Crippen LogP contribution in [0.25, 0.3) is 16.8 Å². The summed E-state index contributed by atoms with van der Waals surface area (Å²) in [6.07, 6.45) is 0. The molecule has 0 bridgehead atoms. The molecule has 0 fully saturated rings. The Bertz CT molecular complexity index is 1450. The SMILES string of the molecule is CCOC(=O)c1c(NC(=O)Nc2ccccc2C)cc(Cl)n1-c1ccc(-c2cccc(OC)c2O)cc1. The van der Waals surface area contributed by atoms with Gasteiger partial charge in [0.15, 0.2) is 17.2 Å². The monoisotopic (exact) mass is 519 g/mol. The number of carbonyl (C=O) groups is 2. The third kappa shape index (κ3) is 5.39. The van der Waals surface area contributed by atoms with Gasteiger partial charge < -0.3 is 25.2 Å². The van der Waals surface area contributed by atoms with Gasteiger partial charge in [-0.2, -0.15) is 0 Å². The number of nitrogens with one attached hydrogen (secondary N) is 2. The number of aromatic nitrogens is 1. The number of carbonyl (C=O) groups excluding carboxylic acids is 2. The van der Waals surface area contributed by atoms with Crippen LogP contribution in [0.4, 0.5) is 16.2 Å². The van der Waals surface area contributed by atoms with Crippen molar-refractivity contribution in [2.45, 2.75) is 13.8 Å². The number of methoxy groups -OCH3 is 1. The number of phenolic OH excluding ortho intramolecular Hbond substituents is 1. The number of hydrogen-bond acceptors (Lipinski definition) is 5. The van der Waals surface area contributed by atoms with Gasteiger partial charge in [-0.25, -0.2) is 9.59 Å². The number of aryl methyl sites for hydroxylation is 1. The molecule has 0 unspecified atom stereocenters. The smallest absolute Gasteiger partial charge is 0.357 e. The quantitative estimate of drug-likeness (QED) is 0.237. The number of anilines is 2. The Hall–Kier alpha value is -4.43. The van der Waals surface area contributed by atoms with Crippen LogP contribution in [0.1, 0.15) is 23.0 Å². The van der Waals surface area contributed by atoms with E-state index in [0.717, 1.165) is 11.1 Å². The summed E-state index contributed by atoms with van der Waals surface area (Å²) >= 11 is 6.55. The maximum atomic E-state index is 13.0. The molecular weight excluding hydrogens is 494 g/mol. The molecule has 0 spiro atoms. The van der Waals surface area contributed by atoms with Crippen molar-refractivity contribution in [1.29, 1.82) is 0 Å². The number of benzene rings is 3. The Morgan fingerprint density at radius 2 is 1.68 bits per heavy atom. The summed E-state index contributed by atoms with van der Waals surface area (Å²) in [5, 5.41) is 16.2. The summed E-state index contributed by atoms with van der Waals surface area (Å²) in [5.41, 5.74) is 3.68. The maximum Gasteiger partial charge on any atom is 0.357 e. The van der Waals surface area contributed by atoms with Crippen molar-refractivity contribution in [3.63, 3.8) is 0 Å². The largest absolute Gasteiger partial charge is 0.504 e. The molecule has 8 nitrogen and oxygen atoms in total. The molecule has 0 radical (unpaired) electrons. The van der Waals surface area contributed by atoms with Crippen molar-refractivity contribution < 1.29 is 24.2 Å². The molecule has 4 rings (SSSR count). The van der Waals surface area contributed by atoms with Crippen LogP contribution in [0.15, 0.2) is 72.8 Å². The zero-order valence-electron chi connectivity index (χ0n) is 20.5. The minimum Gasteiger partial charge on any atom is -0.504 e. The topological polar surface area (TPSA) is 102 Å². The van der Waals surface area contributed by atoms with Crippen LogP contribution in [0.3, 0.4) is 0 Å². The van der Waals surface area contributed by atoms with E-state index in [1.807, 2.05) is 25.1 Å². The first-order chi connectivity index (χ1) is 17.8. The fourth-order valence-corrected chi connectivity index (χ4v) is 4.22. The zero-order valence-corrected chi connectivity index (χ0v) is 21.3. The number of halogens is 1. The van der Waals surface area contributed by atoms with E-state index in [-0.39, 0.29) is 28.9 Å². The summed E-state index contributed by atoms with van der Waals surface area (Å²) in [5.74, 6) is -0.260. The standard InChI is InChI=1S/C28H26ClN3O5/c1-4-37-27(34)25-22(31-28(35)30-21-10-6-5-8-17(21)2)16-24(29)32(25)19-14-12-18(13-15-19)20-9-7-11-23(36-3)26(20)33/h5-16,33H,4H2,1-3H3,(H2,30,31,35). The van der Waals surface area contributed by atoms with Crippen LogP contribution in [0.2, 0.25) is 5.15 Å². The third-order valence-electron chi connectivity index (χ3n) is 5.72. The second-order valence-electron chi connectivity index (χ2n) is 8.08. The van der Waals surface area contributed by atoms with E-state index in [0.29, 0.717) is 22.7 Å². The molecule has 0 aliphatic rings. The molecule has 1 heterocycles. The Morgan fingerprint density at radius 3 is 2.35 bits per heavy atom. The Balaban J connectivity index is 1.69. The van der Waals surface area contributed by atoms with Gasteiger partial charge in [-0.05, 0) is 49.2 Å². The van der Waals surface area contributed by atoms with E-state index in [1.54, 1.807) is 55.5 Å². The number of hydrogen-bond donors (Lipinski definition) is 3. The zero-order chi connectivity index (χ0) is 26.5. The predicted octanol–water partition coefficient (Wildman–Crippen LogP) is 6.64. The second kappa shape index (κ2) is 11.1. The lowest BCUT2D eigenvalue weighted by molar-refractivity contribution is 0.0518. The Labute approximate surface area is 219 Å². The lowest BCUT2D eigenvalue weighted by atomic mass is 10.0. The molecule has 3 aromatic carbocycles. The first kappa shape index (κ1) is 25.7. The summed E-state index contributed by atoms with van der Waals surface area (Å²) in [6.45, 7) is 3.71. The Kier molecular flexibility index (Phi) is 7.69. The second-order valence-corrected chi connectivity index (χ2v) is 8.47. The normalized spacial score (nSPS) is 10.6. The average Bonchev–Trinajstić information content (AvgIpc) is 3.21. The number of urea groups is 1. The van der Waals surface area contributed by atoms with Gasteiger partial charge >= 0.3 is 12.0 Å². The average molecular weight is 520 g/mol. The number of aromatic hydroxyl groups is 1. The van der Waals surface area contributed by atoms with Crippen LogP contribution < -0.4 is 15.4 Å². The summed E-state index contributed by atoms with van der Waals surface area (Å²) in [6, 6.07) is 20.6. The molecule has 3 N–H and O–H groups in total. The number of esters is 1. The molecular formula is C28H26ClN3O5. The van der Waals surface area contributed by atoms with E-state index in [2.05, 4.69) is 10.6 Å². The highest BCUT2D eigenvalue weighted by Gasteiger charge is 2.24. The van der Waals surface area contributed by atoms with Gasteiger partial charge in [0, 0.05) is 23.0 Å². The first-order valence-electron chi connectivity index (χ1n) is 11.5. The van der Waals surface area contributed by atoms with Crippen molar-refractivity contribution in [2.24, 2.45) is 0 Å². The molecule has 1 aromatic heterocycles. The van der Waals surface area contributed by atoms with Gasteiger partial charge in [-0.3, -0.25) is 4.57 Å². The predicted molar refractivity (Wildman–Crippen MR) is 144 cm³/mol. The molecule has 37 heavy (non-hydrogen) atoms.